The van der Waals surface area contributed by atoms with E-state index < -0.39 is 33.9 Å². The highest BCUT2D eigenvalue weighted by Crippen LogP contribution is 2.33. The van der Waals surface area contributed by atoms with Crippen LogP contribution in [0.1, 0.15) is 22.5 Å². The van der Waals surface area contributed by atoms with Gasteiger partial charge in [-0.25, -0.2) is 17.5 Å². The number of fused-ring (bicyclic) bond motifs is 1. The van der Waals surface area contributed by atoms with Crippen molar-refractivity contribution in [3.8, 4) is 11.8 Å². The number of nitrogens with one attached hydrogen (secondary N) is 2. The van der Waals surface area contributed by atoms with Crippen LogP contribution in [0.2, 0.25) is 0 Å². The molecule has 1 aromatic carbocycles. The Labute approximate surface area is 172 Å². The Morgan fingerprint density at radius 2 is 2.33 bits per heavy atom. The Kier molecular flexibility index (Phi) is 5.93. The molecule has 1 aliphatic rings. The monoisotopic (exact) mass is 434 g/mol. The van der Waals surface area contributed by atoms with E-state index in [9.17, 15) is 22.7 Å². The first kappa shape index (κ1) is 21.5. The van der Waals surface area contributed by atoms with E-state index in [-0.39, 0.29) is 40.6 Å². The molecule has 1 amide bonds. The highest BCUT2D eigenvalue weighted by Gasteiger charge is 2.36. The summed E-state index contributed by atoms with van der Waals surface area (Å²) in [5.41, 5.74) is -0.181. The molecule has 11 heteroatoms. The average molecular weight is 434 g/mol. The standard InChI is InChI=1S/C19H19FN4O5S/c1-3-4-15(25)14-10-29-18-16(30(27,28)23-14)9-24(2)17(18)19(26)22-12-5-6-13(20)11(7-12)8-21/h3,5-7,9,14-15,23,25H,1,4,10H2,2H3,(H,22,26)/t14-,15-/m1/s1. The lowest BCUT2D eigenvalue weighted by Gasteiger charge is -2.20. The van der Waals surface area contributed by atoms with Gasteiger partial charge in [0.25, 0.3) is 5.91 Å². The molecule has 0 fully saturated rings. The number of aromatic nitrogens is 1. The van der Waals surface area contributed by atoms with Crippen LogP contribution in [0.5, 0.6) is 5.75 Å². The van der Waals surface area contributed by atoms with E-state index in [1.165, 1.54) is 30.0 Å². The molecule has 1 aromatic heterocycles. The molecule has 2 heterocycles. The van der Waals surface area contributed by atoms with E-state index in [2.05, 4.69) is 16.6 Å². The highest BCUT2D eigenvalue weighted by atomic mass is 32.2. The Hall–Kier alpha value is -3.20. The number of hydrogen-bond donors (Lipinski definition) is 3. The van der Waals surface area contributed by atoms with Crippen molar-refractivity contribution in [3.05, 3.63) is 54.1 Å². The Morgan fingerprint density at radius 1 is 1.60 bits per heavy atom. The number of carbonyl (C=O) groups is 1. The first-order valence-corrected chi connectivity index (χ1v) is 10.3. The van der Waals surface area contributed by atoms with Crippen LogP contribution < -0.4 is 14.8 Å². The number of ether oxygens (including phenoxy) is 1. The van der Waals surface area contributed by atoms with Gasteiger partial charge in [-0.05, 0) is 24.6 Å². The zero-order valence-electron chi connectivity index (χ0n) is 15.9. The second-order valence-corrected chi connectivity index (χ2v) is 8.36. The third-order valence-corrected chi connectivity index (χ3v) is 6.02. The van der Waals surface area contributed by atoms with E-state index >= 15 is 0 Å². The number of aliphatic hydroxyl groups excluding tert-OH is 1. The molecule has 0 saturated carbocycles. The van der Waals surface area contributed by atoms with Crippen molar-refractivity contribution < 1.29 is 27.4 Å². The van der Waals surface area contributed by atoms with Gasteiger partial charge < -0.3 is 19.7 Å². The molecule has 0 unspecified atom stereocenters. The maximum absolute atomic E-state index is 13.5. The van der Waals surface area contributed by atoms with Gasteiger partial charge in [0, 0.05) is 18.9 Å². The van der Waals surface area contributed by atoms with Gasteiger partial charge in [-0.3, -0.25) is 4.79 Å². The van der Waals surface area contributed by atoms with Gasteiger partial charge in [-0.1, -0.05) is 6.08 Å². The lowest BCUT2D eigenvalue weighted by Crippen LogP contribution is -2.45. The maximum Gasteiger partial charge on any atom is 0.276 e. The number of aliphatic hydroxyl groups is 1. The summed E-state index contributed by atoms with van der Waals surface area (Å²) in [4.78, 5) is 12.6. The van der Waals surface area contributed by atoms with Crippen molar-refractivity contribution in [1.29, 1.82) is 5.26 Å². The number of anilines is 1. The van der Waals surface area contributed by atoms with Crippen molar-refractivity contribution in [3.63, 3.8) is 0 Å². The Bertz CT molecular complexity index is 1150. The number of amides is 1. The van der Waals surface area contributed by atoms with Crippen molar-refractivity contribution in [2.75, 3.05) is 11.9 Å². The molecule has 0 bridgehead atoms. The van der Waals surface area contributed by atoms with Gasteiger partial charge in [0.2, 0.25) is 10.0 Å². The second kappa shape index (κ2) is 8.27. The SMILES string of the molecule is C=CC[C@@H](O)[C@H]1COc2c(cn(C)c2C(=O)Nc2ccc(F)c(C#N)c2)S(=O)(=O)N1. The molecule has 0 spiro atoms. The molecular weight excluding hydrogens is 415 g/mol. The first-order valence-electron chi connectivity index (χ1n) is 8.82. The quantitative estimate of drug-likeness (QED) is 0.607. The molecule has 0 saturated heterocycles. The number of benzene rings is 1. The summed E-state index contributed by atoms with van der Waals surface area (Å²) in [6, 6.07) is 4.22. The largest absolute Gasteiger partial charge is 0.488 e. The van der Waals surface area contributed by atoms with E-state index in [4.69, 9.17) is 10.00 Å². The Balaban J connectivity index is 1.94. The number of carbonyl (C=O) groups excluding carboxylic acids is 1. The fourth-order valence-corrected chi connectivity index (χ4v) is 4.49. The van der Waals surface area contributed by atoms with Crippen LogP contribution in [0, 0.1) is 17.1 Å². The van der Waals surface area contributed by atoms with Crippen molar-refractivity contribution >= 4 is 21.6 Å². The summed E-state index contributed by atoms with van der Waals surface area (Å²) in [6.07, 6.45) is 1.76. The molecule has 0 aliphatic carbocycles. The van der Waals surface area contributed by atoms with Crippen molar-refractivity contribution in [1.82, 2.24) is 9.29 Å². The summed E-state index contributed by atoms with van der Waals surface area (Å²) in [6.45, 7) is 3.31. The van der Waals surface area contributed by atoms with Gasteiger partial charge in [-0.2, -0.15) is 5.26 Å². The van der Waals surface area contributed by atoms with Gasteiger partial charge in [0.05, 0.1) is 17.7 Å². The predicted molar refractivity (Wildman–Crippen MR) is 105 cm³/mol. The predicted octanol–water partition coefficient (Wildman–Crippen LogP) is 1.26. The molecule has 158 valence electrons. The summed E-state index contributed by atoms with van der Waals surface area (Å²) >= 11 is 0. The molecule has 1 aliphatic heterocycles. The number of hydrogen-bond acceptors (Lipinski definition) is 6. The van der Waals surface area contributed by atoms with Gasteiger partial charge >= 0.3 is 0 Å². The number of halogens is 1. The number of nitrogens with zero attached hydrogens (tertiary/aromatic N) is 2. The molecule has 9 nitrogen and oxygen atoms in total. The molecule has 3 rings (SSSR count). The molecule has 30 heavy (non-hydrogen) atoms. The summed E-state index contributed by atoms with van der Waals surface area (Å²) < 4.78 is 48.2. The average Bonchev–Trinajstić information content (AvgIpc) is 2.97. The van der Waals surface area contributed by atoms with Crippen LogP contribution in [0.3, 0.4) is 0 Å². The van der Waals surface area contributed by atoms with E-state index in [1.807, 2.05) is 0 Å². The van der Waals surface area contributed by atoms with E-state index in [1.54, 1.807) is 6.07 Å². The van der Waals surface area contributed by atoms with Gasteiger partial charge in [0.15, 0.2) is 11.4 Å². The smallest absolute Gasteiger partial charge is 0.276 e. The third kappa shape index (κ3) is 4.06. The van der Waals surface area contributed by atoms with Crippen LogP contribution in [-0.4, -0.2) is 42.8 Å². The minimum Gasteiger partial charge on any atom is -0.488 e. The highest BCUT2D eigenvalue weighted by molar-refractivity contribution is 7.89. The Morgan fingerprint density at radius 3 is 3.00 bits per heavy atom. The molecule has 2 atom stereocenters. The van der Waals surface area contributed by atoms with Gasteiger partial charge in [-0.15, -0.1) is 6.58 Å². The lowest BCUT2D eigenvalue weighted by atomic mass is 10.1. The van der Waals surface area contributed by atoms with Crippen LogP contribution in [-0.2, 0) is 17.1 Å². The minimum absolute atomic E-state index is 0.0860. The number of nitriles is 1. The molecule has 2 aromatic rings. The molecule has 0 radical (unpaired) electrons. The summed E-state index contributed by atoms with van der Waals surface area (Å²) in [5, 5.41) is 21.6. The van der Waals surface area contributed by atoms with E-state index in [0.29, 0.717) is 0 Å². The van der Waals surface area contributed by atoms with E-state index in [0.717, 1.165) is 12.1 Å². The zero-order chi connectivity index (χ0) is 22.1. The lowest BCUT2D eigenvalue weighted by molar-refractivity contribution is 0.0999. The normalized spacial score (nSPS) is 18.3. The first-order chi connectivity index (χ1) is 14.2. The second-order valence-electron chi connectivity index (χ2n) is 6.67. The molecule has 3 N–H and O–H groups in total. The van der Waals surface area contributed by atoms with Crippen molar-refractivity contribution in [2.45, 2.75) is 23.5 Å². The van der Waals surface area contributed by atoms with Crippen molar-refractivity contribution in [2.24, 2.45) is 7.05 Å². The maximum atomic E-state index is 13.5. The number of rotatable bonds is 5. The topological polar surface area (TPSA) is 133 Å². The van der Waals surface area contributed by atoms with Crippen LogP contribution in [0.4, 0.5) is 10.1 Å². The molecular formula is C19H19FN4O5S. The fourth-order valence-electron chi connectivity index (χ4n) is 3.04. The van der Waals surface area contributed by atoms with Crippen LogP contribution in [0.15, 0.2) is 41.9 Å². The summed E-state index contributed by atoms with van der Waals surface area (Å²) in [5.74, 6) is -1.61. The summed E-state index contributed by atoms with van der Waals surface area (Å²) in [7, 11) is -2.61. The zero-order valence-corrected chi connectivity index (χ0v) is 16.7. The van der Waals surface area contributed by atoms with Gasteiger partial charge in [0.1, 0.15) is 23.4 Å². The fraction of sp³-hybridized carbons (Fsp3) is 0.263. The van der Waals surface area contributed by atoms with Crippen LogP contribution >= 0.6 is 0 Å². The number of aryl methyl sites for hydroxylation is 1. The number of sulfonamides is 1. The van der Waals surface area contributed by atoms with Crippen LogP contribution in [0.25, 0.3) is 0 Å². The minimum atomic E-state index is -4.08. The third-order valence-electron chi connectivity index (χ3n) is 4.54.